The molecule has 3 aromatic carbocycles. The quantitative estimate of drug-likeness (QED) is 0.115. The molecular formula is C33H26N4O4S. The van der Waals surface area contributed by atoms with Gasteiger partial charge < -0.3 is 14.8 Å². The molecule has 208 valence electrons. The standard InChI is InChI=1S/C33H26N4O4S/c1-3-41-33(39)29-28(22-10-6-4-7-11-22)21-42-32(29)35-31(38)24(19-34)18-25-20-37(26-12-8-5-9-13-26)36-30(25)23-14-16-27(40-2)17-15-23/h4-18,20-21H,3H2,1-2H3,(H,35,38)/b24-18+. The van der Waals surface area contributed by atoms with Crippen molar-refractivity contribution in [2.24, 2.45) is 0 Å². The number of nitrogens with zero attached hydrogens (tertiary/aromatic N) is 3. The van der Waals surface area contributed by atoms with Gasteiger partial charge in [0.05, 0.1) is 25.1 Å². The Hall–Kier alpha value is -5.46. The number of hydrogen-bond donors (Lipinski definition) is 1. The van der Waals surface area contributed by atoms with E-state index in [4.69, 9.17) is 14.6 Å². The molecule has 0 radical (unpaired) electrons. The number of thiophene rings is 1. The number of esters is 1. The highest BCUT2D eigenvalue weighted by Crippen LogP contribution is 2.36. The summed E-state index contributed by atoms with van der Waals surface area (Å²) < 4.78 is 12.3. The maximum Gasteiger partial charge on any atom is 0.341 e. The summed E-state index contributed by atoms with van der Waals surface area (Å²) in [5.41, 5.74) is 4.30. The number of carbonyl (C=O) groups is 2. The van der Waals surface area contributed by atoms with Crippen LogP contribution in [-0.4, -0.2) is 35.4 Å². The van der Waals surface area contributed by atoms with Crippen LogP contribution < -0.4 is 10.1 Å². The zero-order valence-corrected chi connectivity index (χ0v) is 23.7. The van der Waals surface area contributed by atoms with Gasteiger partial charge in [-0.15, -0.1) is 11.3 Å². The number of nitrogens with one attached hydrogen (secondary N) is 1. The highest BCUT2D eigenvalue weighted by molar-refractivity contribution is 7.15. The Labute approximate surface area is 247 Å². The summed E-state index contributed by atoms with van der Waals surface area (Å²) in [6, 6.07) is 28.3. The lowest BCUT2D eigenvalue weighted by Gasteiger charge is -2.08. The molecule has 0 unspecified atom stereocenters. The van der Waals surface area contributed by atoms with Crippen LogP contribution in [0.25, 0.3) is 34.1 Å². The molecule has 42 heavy (non-hydrogen) atoms. The van der Waals surface area contributed by atoms with Crippen molar-refractivity contribution in [1.82, 2.24) is 9.78 Å². The lowest BCUT2D eigenvalue weighted by Crippen LogP contribution is -2.16. The maximum absolute atomic E-state index is 13.4. The van der Waals surface area contributed by atoms with Crippen molar-refractivity contribution >= 4 is 34.3 Å². The van der Waals surface area contributed by atoms with Gasteiger partial charge in [0.25, 0.3) is 5.91 Å². The lowest BCUT2D eigenvalue weighted by atomic mass is 10.0. The van der Waals surface area contributed by atoms with E-state index < -0.39 is 11.9 Å². The third-order valence-electron chi connectivity index (χ3n) is 6.37. The van der Waals surface area contributed by atoms with Crippen molar-refractivity contribution in [1.29, 1.82) is 5.26 Å². The molecule has 0 aliphatic heterocycles. The highest BCUT2D eigenvalue weighted by Gasteiger charge is 2.24. The van der Waals surface area contributed by atoms with Gasteiger partial charge in [0.1, 0.15) is 28.0 Å². The van der Waals surface area contributed by atoms with Crippen LogP contribution in [0.4, 0.5) is 5.00 Å². The van der Waals surface area contributed by atoms with E-state index in [1.807, 2.05) is 91.0 Å². The SMILES string of the molecule is CCOC(=O)c1c(-c2ccccc2)csc1NC(=O)/C(C#N)=C/c1cn(-c2ccccc2)nc1-c1ccc(OC)cc1. The van der Waals surface area contributed by atoms with Crippen molar-refractivity contribution in [3.8, 4) is 39.9 Å². The van der Waals surface area contributed by atoms with Crippen molar-refractivity contribution in [3.05, 3.63) is 113 Å². The molecule has 1 amide bonds. The smallest absolute Gasteiger partial charge is 0.341 e. The van der Waals surface area contributed by atoms with Crippen LogP contribution in [-0.2, 0) is 9.53 Å². The van der Waals surface area contributed by atoms with Gasteiger partial charge in [-0.3, -0.25) is 4.79 Å². The first-order valence-corrected chi connectivity index (χ1v) is 14.0. The molecule has 5 rings (SSSR count). The second-order valence-corrected chi connectivity index (χ2v) is 9.89. The van der Waals surface area contributed by atoms with Crippen molar-refractivity contribution in [2.75, 3.05) is 19.0 Å². The third kappa shape index (κ3) is 5.99. The van der Waals surface area contributed by atoms with Gasteiger partial charge in [-0.05, 0) is 55.0 Å². The van der Waals surface area contributed by atoms with Gasteiger partial charge in [-0.2, -0.15) is 10.4 Å². The molecule has 0 saturated heterocycles. The monoisotopic (exact) mass is 574 g/mol. The number of benzene rings is 3. The molecular weight excluding hydrogens is 548 g/mol. The number of carbonyl (C=O) groups excluding carboxylic acids is 2. The average molecular weight is 575 g/mol. The Morgan fingerprint density at radius 1 is 1.00 bits per heavy atom. The number of methoxy groups -OCH3 is 1. The second kappa shape index (κ2) is 12.8. The van der Waals surface area contributed by atoms with Crippen LogP contribution in [0.5, 0.6) is 5.75 Å². The molecule has 8 nitrogen and oxygen atoms in total. The molecule has 9 heteroatoms. The number of ether oxygens (including phenoxy) is 2. The predicted molar refractivity (Wildman–Crippen MR) is 163 cm³/mol. The Morgan fingerprint density at radius 3 is 2.33 bits per heavy atom. The highest BCUT2D eigenvalue weighted by atomic mass is 32.1. The minimum Gasteiger partial charge on any atom is -0.497 e. The third-order valence-corrected chi connectivity index (χ3v) is 7.27. The van der Waals surface area contributed by atoms with Gasteiger partial charge in [0, 0.05) is 28.3 Å². The van der Waals surface area contributed by atoms with Crippen LogP contribution in [0.1, 0.15) is 22.8 Å². The molecule has 0 aliphatic carbocycles. The fourth-order valence-corrected chi connectivity index (χ4v) is 5.29. The molecule has 5 aromatic rings. The van der Waals surface area contributed by atoms with Crippen molar-refractivity contribution in [2.45, 2.75) is 6.92 Å². The van der Waals surface area contributed by atoms with E-state index in [0.717, 1.165) is 16.8 Å². The van der Waals surface area contributed by atoms with E-state index in [1.165, 1.54) is 17.4 Å². The summed E-state index contributed by atoms with van der Waals surface area (Å²) in [5, 5.41) is 19.6. The fourth-order valence-electron chi connectivity index (χ4n) is 4.34. The van der Waals surface area contributed by atoms with Gasteiger partial charge in [-0.1, -0.05) is 48.5 Å². The topological polar surface area (TPSA) is 106 Å². The molecule has 2 aromatic heterocycles. The molecule has 0 atom stereocenters. The van der Waals surface area contributed by atoms with Gasteiger partial charge in [0.15, 0.2) is 0 Å². The van der Waals surface area contributed by atoms with E-state index in [2.05, 4.69) is 5.32 Å². The Kier molecular flexibility index (Phi) is 8.56. The first-order valence-electron chi connectivity index (χ1n) is 13.1. The normalized spacial score (nSPS) is 11.0. The van der Waals surface area contributed by atoms with Crippen LogP contribution in [0.15, 0.2) is 102 Å². The van der Waals surface area contributed by atoms with Crippen LogP contribution >= 0.6 is 11.3 Å². The molecule has 0 saturated carbocycles. The molecule has 0 bridgehead atoms. The average Bonchev–Trinajstić information content (AvgIpc) is 3.65. The van der Waals surface area contributed by atoms with Gasteiger partial charge in [0.2, 0.25) is 0 Å². The maximum atomic E-state index is 13.4. The molecule has 0 fully saturated rings. The zero-order chi connectivity index (χ0) is 29.5. The Bertz CT molecular complexity index is 1780. The number of aromatic nitrogens is 2. The summed E-state index contributed by atoms with van der Waals surface area (Å²) in [7, 11) is 1.59. The predicted octanol–water partition coefficient (Wildman–Crippen LogP) is 7.00. The van der Waals surface area contributed by atoms with Crippen LogP contribution in [0.2, 0.25) is 0 Å². The van der Waals surface area contributed by atoms with Crippen molar-refractivity contribution < 1.29 is 19.1 Å². The number of hydrogen-bond acceptors (Lipinski definition) is 7. The van der Waals surface area contributed by atoms with E-state index in [0.29, 0.717) is 27.6 Å². The minimum absolute atomic E-state index is 0.151. The van der Waals surface area contributed by atoms with Gasteiger partial charge in [-0.25, -0.2) is 9.48 Å². The molecule has 1 N–H and O–H groups in total. The van der Waals surface area contributed by atoms with Crippen LogP contribution in [0.3, 0.4) is 0 Å². The molecule has 0 aliphatic rings. The van der Waals surface area contributed by atoms with Gasteiger partial charge >= 0.3 is 5.97 Å². The first-order chi connectivity index (χ1) is 20.5. The molecule has 0 spiro atoms. The van der Waals surface area contributed by atoms with E-state index in [-0.39, 0.29) is 17.7 Å². The minimum atomic E-state index is -0.655. The number of para-hydroxylation sites is 1. The largest absolute Gasteiger partial charge is 0.497 e. The number of nitriles is 1. The summed E-state index contributed by atoms with van der Waals surface area (Å²) in [5.74, 6) is -0.516. The second-order valence-electron chi connectivity index (χ2n) is 9.01. The number of amides is 1. The Morgan fingerprint density at radius 2 is 1.69 bits per heavy atom. The fraction of sp³-hybridized carbons (Fsp3) is 0.0909. The van der Waals surface area contributed by atoms with Crippen LogP contribution in [0, 0.1) is 11.3 Å². The first kappa shape index (κ1) is 28.1. The summed E-state index contributed by atoms with van der Waals surface area (Å²) in [4.78, 5) is 26.4. The summed E-state index contributed by atoms with van der Waals surface area (Å²) >= 11 is 1.19. The van der Waals surface area contributed by atoms with E-state index >= 15 is 0 Å². The summed E-state index contributed by atoms with van der Waals surface area (Å²) in [6.07, 6.45) is 3.26. The van der Waals surface area contributed by atoms with Crippen molar-refractivity contribution in [3.63, 3.8) is 0 Å². The lowest BCUT2D eigenvalue weighted by molar-refractivity contribution is -0.112. The van der Waals surface area contributed by atoms with E-state index in [9.17, 15) is 14.9 Å². The zero-order valence-electron chi connectivity index (χ0n) is 22.9. The number of rotatable bonds is 9. The number of anilines is 1. The Balaban J connectivity index is 1.53. The molecule has 2 heterocycles. The summed E-state index contributed by atoms with van der Waals surface area (Å²) in [6.45, 7) is 1.90. The van der Waals surface area contributed by atoms with E-state index in [1.54, 1.807) is 30.3 Å².